The maximum absolute atomic E-state index is 11.0. The van der Waals surface area contributed by atoms with Crippen LogP contribution in [0.25, 0.3) is 0 Å². The molecule has 0 fully saturated rings. The van der Waals surface area contributed by atoms with Gasteiger partial charge in [0.05, 0.1) is 0 Å². The maximum Gasteiger partial charge on any atom is 0.322 e. The van der Waals surface area contributed by atoms with Gasteiger partial charge < -0.3 is 21.7 Å². The zero-order valence-corrected chi connectivity index (χ0v) is 9.64. The number of primary amides is 1. The van der Waals surface area contributed by atoms with E-state index in [4.69, 9.17) is 21.7 Å². The van der Waals surface area contributed by atoms with Crippen molar-refractivity contribution < 1.29 is 24.6 Å². The van der Waals surface area contributed by atoms with E-state index < -0.39 is 29.8 Å². The lowest BCUT2D eigenvalue weighted by atomic mass is 9.87. The van der Waals surface area contributed by atoms with Gasteiger partial charge in [-0.25, -0.2) is 0 Å². The predicted octanol–water partition coefficient (Wildman–Crippen LogP) is -0.689. The van der Waals surface area contributed by atoms with E-state index in [1.54, 1.807) is 6.92 Å². The molecule has 0 spiro atoms. The highest BCUT2D eigenvalue weighted by Crippen LogP contribution is 2.21. The van der Waals surface area contributed by atoms with Gasteiger partial charge in [0.1, 0.15) is 0 Å². The summed E-state index contributed by atoms with van der Waals surface area (Å²) in [7, 11) is 0. The Morgan fingerprint density at radius 2 is 1.59 bits per heavy atom. The maximum atomic E-state index is 11.0. The second kappa shape index (κ2) is 6.00. The van der Waals surface area contributed by atoms with Crippen LogP contribution < -0.4 is 11.5 Å². The molecule has 7 nitrogen and oxygen atoms in total. The summed E-state index contributed by atoms with van der Waals surface area (Å²) in [6.45, 7) is 2.92. The number of carbonyl (C=O) groups is 3. The molecule has 0 saturated carbocycles. The van der Waals surface area contributed by atoms with Crippen LogP contribution in [0.2, 0.25) is 0 Å². The van der Waals surface area contributed by atoms with Crippen LogP contribution >= 0.6 is 0 Å². The van der Waals surface area contributed by atoms with Gasteiger partial charge in [-0.15, -0.1) is 0 Å². The molecule has 0 aliphatic rings. The number of aliphatic carboxylic acids is 2. The fourth-order valence-corrected chi connectivity index (χ4v) is 1.44. The van der Waals surface area contributed by atoms with Crippen molar-refractivity contribution in [2.75, 3.05) is 0 Å². The Morgan fingerprint density at radius 3 is 1.82 bits per heavy atom. The summed E-state index contributed by atoms with van der Waals surface area (Å²) in [5.41, 5.74) is 10.4. The van der Waals surface area contributed by atoms with Crippen molar-refractivity contribution in [3.8, 4) is 0 Å². The third kappa shape index (κ3) is 3.56. The van der Waals surface area contributed by atoms with Crippen LogP contribution in [0.4, 0.5) is 0 Å². The third-order valence-electron chi connectivity index (χ3n) is 2.45. The van der Waals surface area contributed by atoms with E-state index in [9.17, 15) is 14.4 Å². The lowest BCUT2D eigenvalue weighted by molar-refractivity contribution is -0.152. The smallest absolute Gasteiger partial charge is 0.322 e. The summed E-state index contributed by atoms with van der Waals surface area (Å²) in [4.78, 5) is 32.8. The fourth-order valence-electron chi connectivity index (χ4n) is 1.44. The molecule has 1 unspecified atom stereocenters. The lowest BCUT2D eigenvalue weighted by Crippen LogP contribution is -2.37. The highest BCUT2D eigenvalue weighted by Gasteiger charge is 2.35. The summed E-state index contributed by atoms with van der Waals surface area (Å²) in [5, 5.41) is 17.7. The van der Waals surface area contributed by atoms with Gasteiger partial charge in [-0.1, -0.05) is 6.92 Å². The minimum atomic E-state index is -1.85. The van der Waals surface area contributed by atoms with Crippen molar-refractivity contribution >= 4 is 17.8 Å². The van der Waals surface area contributed by atoms with Crippen molar-refractivity contribution in [1.82, 2.24) is 0 Å². The fraction of sp³-hybridized carbons (Fsp3) is 0.500. The second-order valence-corrected chi connectivity index (χ2v) is 3.57. The monoisotopic (exact) mass is 244 g/mol. The van der Waals surface area contributed by atoms with E-state index in [0.717, 1.165) is 0 Å². The molecular formula is C10H16N2O5. The summed E-state index contributed by atoms with van der Waals surface area (Å²) < 4.78 is 0. The number of hydrogen-bond acceptors (Lipinski definition) is 4. The van der Waals surface area contributed by atoms with Crippen LogP contribution in [0.1, 0.15) is 20.3 Å². The van der Waals surface area contributed by atoms with E-state index in [1.807, 2.05) is 0 Å². The summed E-state index contributed by atoms with van der Waals surface area (Å²) in [5.74, 6) is -5.87. The number of rotatable bonds is 6. The van der Waals surface area contributed by atoms with Crippen molar-refractivity contribution in [2.45, 2.75) is 26.3 Å². The molecule has 1 atom stereocenters. The largest absolute Gasteiger partial charge is 0.480 e. The number of amides is 1. The van der Waals surface area contributed by atoms with Gasteiger partial charge in [0.15, 0.2) is 5.92 Å². The Morgan fingerprint density at radius 1 is 1.18 bits per heavy atom. The normalized spacial score (nSPS) is 14.1. The first-order valence-corrected chi connectivity index (χ1v) is 4.95. The molecular weight excluding hydrogens is 228 g/mol. The van der Waals surface area contributed by atoms with Gasteiger partial charge in [0, 0.05) is 11.6 Å². The Kier molecular flexibility index (Phi) is 5.33. The second-order valence-electron chi connectivity index (χ2n) is 3.57. The Balaban J connectivity index is 5.77. The van der Waals surface area contributed by atoms with E-state index >= 15 is 0 Å². The van der Waals surface area contributed by atoms with Crippen molar-refractivity contribution in [3.63, 3.8) is 0 Å². The van der Waals surface area contributed by atoms with Gasteiger partial charge in [0.25, 0.3) is 0 Å². The van der Waals surface area contributed by atoms with Crippen molar-refractivity contribution in [1.29, 1.82) is 0 Å². The minimum Gasteiger partial charge on any atom is -0.480 e. The van der Waals surface area contributed by atoms with Crippen LogP contribution in [0.15, 0.2) is 11.1 Å². The Bertz CT molecular complexity index is 361. The molecule has 0 aliphatic carbocycles. The highest BCUT2D eigenvalue weighted by atomic mass is 16.4. The molecule has 0 bridgehead atoms. The molecule has 6 N–H and O–H groups in total. The average molecular weight is 244 g/mol. The number of hydrogen-bond donors (Lipinski definition) is 4. The van der Waals surface area contributed by atoms with E-state index in [0.29, 0.717) is 6.42 Å². The van der Waals surface area contributed by atoms with E-state index in [-0.39, 0.29) is 11.1 Å². The number of nitrogens with two attached hydrogens (primary N) is 2. The summed E-state index contributed by atoms with van der Waals surface area (Å²) in [6.07, 6.45) is 0.303. The van der Waals surface area contributed by atoms with Crippen molar-refractivity contribution in [2.24, 2.45) is 17.4 Å². The first-order chi connectivity index (χ1) is 7.73. The van der Waals surface area contributed by atoms with Crippen LogP contribution in [0.5, 0.6) is 0 Å². The van der Waals surface area contributed by atoms with Crippen LogP contribution in [0.3, 0.4) is 0 Å². The Labute approximate surface area is 98.1 Å². The molecule has 0 saturated heterocycles. The molecule has 0 heterocycles. The number of carbonyl (C=O) groups excluding carboxylic acids is 1. The van der Waals surface area contributed by atoms with Crippen LogP contribution in [0, 0.1) is 5.92 Å². The molecule has 96 valence electrons. The van der Waals surface area contributed by atoms with Crippen molar-refractivity contribution in [3.05, 3.63) is 11.1 Å². The SMILES string of the molecule is CCC(N)C(=C(C)C(N)=O)C(C(=O)O)C(=O)O. The molecule has 0 aromatic heterocycles. The highest BCUT2D eigenvalue weighted by molar-refractivity contribution is 6.00. The van der Waals surface area contributed by atoms with E-state index in [2.05, 4.69) is 0 Å². The van der Waals surface area contributed by atoms with Gasteiger partial charge >= 0.3 is 11.9 Å². The zero-order chi connectivity index (χ0) is 13.7. The summed E-state index contributed by atoms with van der Waals surface area (Å²) >= 11 is 0. The first-order valence-electron chi connectivity index (χ1n) is 4.95. The topological polar surface area (TPSA) is 144 Å². The van der Waals surface area contributed by atoms with Crippen LogP contribution in [-0.2, 0) is 14.4 Å². The lowest BCUT2D eigenvalue weighted by Gasteiger charge is -2.20. The van der Waals surface area contributed by atoms with Gasteiger partial charge in [-0.3, -0.25) is 14.4 Å². The number of carboxylic acids is 2. The van der Waals surface area contributed by atoms with Crippen LogP contribution in [-0.4, -0.2) is 34.1 Å². The van der Waals surface area contributed by atoms with Gasteiger partial charge in [-0.2, -0.15) is 0 Å². The van der Waals surface area contributed by atoms with Gasteiger partial charge in [-0.05, 0) is 18.9 Å². The molecule has 1 amide bonds. The molecule has 0 rings (SSSR count). The van der Waals surface area contributed by atoms with E-state index in [1.165, 1.54) is 6.92 Å². The molecule has 0 aromatic rings. The predicted molar refractivity (Wildman–Crippen MR) is 58.9 cm³/mol. The molecule has 0 aliphatic heterocycles. The molecule has 17 heavy (non-hydrogen) atoms. The standard InChI is InChI=1S/C10H16N2O5/c1-3-5(11)6(4(2)8(12)13)7(9(14)15)10(16)17/h5,7H,3,11H2,1-2H3,(H2,12,13)(H,14,15)(H,16,17). The first kappa shape index (κ1) is 15.1. The Hall–Kier alpha value is -1.89. The number of carboxylic acid groups (broad SMARTS) is 2. The average Bonchev–Trinajstić information content (AvgIpc) is 2.22. The summed E-state index contributed by atoms with van der Waals surface area (Å²) in [6, 6.07) is -0.834. The third-order valence-corrected chi connectivity index (χ3v) is 2.45. The quantitative estimate of drug-likeness (QED) is 0.359. The zero-order valence-electron chi connectivity index (χ0n) is 9.64. The van der Waals surface area contributed by atoms with Gasteiger partial charge in [0.2, 0.25) is 5.91 Å². The molecule has 7 heteroatoms. The molecule has 0 radical (unpaired) electrons. The minimum absolute atomic E-state index is 0.117. The molecule has 0 aromatic carbocycles.